The SMILES string of the molecule is CCc1cccc(NC(=O)CN2CCCC(C)C2)c1. The van der Waals surface area contributed by atoms with Crippen LogP contribution in [0.5, 0.6) is 0 Å². The lowest BCUT2D eigenvalue weighted by atomic mass is 10.0. The van der Waals surface area contributed by atoms with E-state index in [9.17, 15) is 4.79 Å². The van der Waals surface area contributed by atoms with E-state index in [2.05, 4.69) is 36.2 Å². The monoisotopic (exact) mass is 260 g/mol. The number of carbonyl (C=O) groups is 1. The summed E-state index contributed by atoms with van der Waals surface area (Å²) >= 11 is 0. The zero-order chi connectivity index (χ0) is 13.7. The molecule has 1 fully saturated rings. The molecule has 0 aromatic heterocycles. The van der Waals surface area contributed by atoms with Crippen molar-refractivity contribution in [2.45, 2.75) is 33.1 Å². The molecular weight excluding hydrogens is 236 g/mol. The third-order valence-electron chi connectivity index (χ3n) is 3.73. The predicted molar refractivity (Wildman–Crippen MR) is 79.3 cm³/mol. The van der Waals surface area contributed by atoms with E-state index >= 15 is 0 Å². The Bertz CT molecular complexity index is 431. The van der Waals surface area contributed by atoms with Gasteiger partial charge in [0.15, 0.2) is 0 Å². The molecule has 3 nitrogen and oxygen atoms in total. The predicted octanol–water partition coefficient (Wildman–Crippen LogP) is 2.92. The summed E-state index contributed by atoms with van der Waals surface area (Å²) in [5.74, 6) is 0.812. The van der Waals surface area contributed by atoms with Crippen molar-refractivity contribution < 1.29 is 4.79 Å². The summed E-state index contributed by atoms with van der Waals surface area (Å²) in [5, 5.41) is 3.00. The average molecular weight is 260 g/mol. The maximum Gasteiger partial charge on any atom is 0.238 e. The Balaban J connectivity index is 1.86. The van der Waals surface area contributed by atoms with Crippen LogP contribution in [0.25, 0.3) is 0 Å². The molecule has 1 heterocycles. The molecule has 1 aliphatic rings. The number of piperidine rings is 1. The number of amides is 1. The van der Waals surface area contributed by atoms with Gasteiger partial charge < -0.3 is 5.32 Å². The topological polar surface area (TPSA) is 32.3 Å². The van der Waals surface area contributed by atoms with Gasteiger partial charge >= 0.3 is 0 Å². The number of carbonyl (C=O) groups excluding carboxylic acids is 1. The Morgan fingerprint density at radius 2 is 2.32 bits per heavy atom. The quantitative estimate of drug-likeness (QED) is 0.902. The fourth-order valence-electron chi connectivity index (χ4n) is 2.70. The van der Waals surface area contributed by atoms with Crippen molar-refractivity contribution in [3.63, 3.8) is 0 Å². The van der Waals surface area contributed by atoms with Gasteiger partial charge in [0.25, 0.3) is 0 Å². The molecule has 104 valence electrons. The van der Waals surface area contributed by atoms with Gasteiger partial charge in [-0.15, -0.1) is 0 Å². The second-order valence-corrected chi connectivity index (χ2v) is 5.58. The lowest BCUT2D eigenvalue weighted by molar-refractivity contribution is -0.117. The minimum absolute atomic E-state index is 0.0994. The van der Waals surface area contributed by atoms with Crippen LogP contribution in [0.4, 0.5) is 5.69 Å². The molecule has 1 saturated heterocycles. The number of likely N-dealkylation sites (tertiary alicyclic amines) is 1. The molecule has 1 unspecified atom stereocenters. The van der Waals surface area contributed by atoms with Crippen LogP contribution < -0.4 is 5.32 Å². The number of nitrogens with zero attached hydrogens (tertiary/aromatic N) is 1. The first kappa shape index (κ1) is 14.1. The van der Waals surface area contributed by atoms with Crippen molar-refractivity contribution in [2.24, 2.45) is 5.92 Å². The highest BCUT2D eigenvalue weighted by atomic mass is 16.2. The first-order chi connectivity index (χ1) is 9.17. The summed E-state index contributed by atoms with van der Waals surface area (Å²) < 4.78 is 0. The molecule has 1 atom stereocenters. The number of hydrogen-bond donors (Lipinski definition) is 1. The van der Waals surface area contributed by atoms with E-state index in [1.54, 1.807) is 0 Å². The minimum Gasteiger partial charge on any atom is -0.325 e. The van der Waals surface area contributed by atoms with E-state index in [4.69, 9.17) is 0 Å². The van der Waals surface area contributed by atoms with Crippen LogP contribution in [-0.4, -0.2) is 30.4 Å². The first-order valence-electron chi connectivity index (χ1n) is 7.28. The average Bonchev–Trinajstić information content (AvgIpc) is 2.38. The summed E-state index contributed by atoms with van der Waals surface area (Å²) in [4.78, 5) is 14.3. The molecule has 0 radical (unpaired) electrons. The molecule has 1 aromatic rings. The largest absolute Gasteiger partial charge is 0.325 e. The van der Waals surface area contributed by atoms with Gasteiger partial charge in [0.05, 0.1) is 6.54 Å². The minimum atomic E-state index is 0.0994. The van der Waals surface area contributed by atoms with Gasteiger partial charge in [0.2, 0.25) is 5.91 Å². The Labute approximate surface area is 116 Å². The lowest BCUT2D eigenvalue weighted by Crippen LogP contribution is -2.39. The number of rotatable bonds is 4. The molecule has 0 saturated carbocycles. The summed E-state index contributed by atoms with van der Waals surface area (Å²) in [6, 6.07) is 8.09. The molecule has 2 rings (SSSR count). The van der Waals surface area contributed by atoms with Gasteiger partial charge in [-0.1, -0.05) is 26.0 Å². The van der Waals surface area contributed by atoms with Crippen molar-refractivity contribution in [3.05, 3.63) is 29.8 Å². The van der Waals surface area contributed by atoms with Crippen LogP contribution in [0.15, 0.2) is 24.3 Å². The van der Waals surface area contributed by atoms with E-state index in [1.807, 2.05) is 12.1 Å². The van der Waals surface area contributed by atoms with Gasteiger partial charge in [-0.3, -0.25) is 9.69 Å². The second kappa shape index (κ2) is 6.71. The molecule has 1 amide bonds. The molecule has 0 spiro atoms. The third kappa shape index (κ3) is 4.35. The molecule has 1 N–H and O–H groups in total. The van der Waals surface area contributed by atoms with Crippen molar-refractivity contribution >= 4 is 11.6 Å². The highest BCUT2D eigenvalue weighted by Crippen LogP contribution is 2.15. The molecule has 0 bridgehead atoms. The van der Waals surface area contributed by atoms with Crippen LogP contribution in [-0.2, 0) is 11.2 Å². The van der Waals surface area contributed by atoms with Crippen LogP contribution in [0.1, 0.15) is 32.3 Å². The number of anilines is 1. The van der Waals surface area contributed by atoms with Gasteiger partial charge in [-0.05, 0) is 49.4 Å². The van der Waals surface area contributed by atoms with Gasteiger partial charge in [-0.2, -0.15) is 0 Å². The Morgan fingerprint density at radius 3 is 3.05 bits per heavy atom. The smallest absolute Gasteiger partial charge is 0.238 e. The standard InChI is InChI=1S/C16H24N2O/c1-3-14-7-4-8-15(10-14)17-16(19)12-18-9-5-6-13(2)11-18/h4,7-8,10,13H,3,5-6,9,11-12H2,1-2H3,(H,17,19). The van der Waals surface area contributed by atoms with E-state index < -0.39 is 0 Å². The van der Waals surface area contributed by atoms with Crippen molar-refractivity contribution in [1.29, 1.82) is 0 Å². The normalized spacial score (nSPS) is 20.2. The summed E-state index contributed by atoms with van der Waals surface area (Å²) in [7, 11) is 0. The summed E-state index contributed by atoms with van der Waals surface area (Å²) in [6.07, 6.45) is 3.49. The molecule has 1 aromatic carbocycles. The Kier molecular flexibility index (Phi) is 4.97. The molecule has 19 heavy (non-hydrogen) atoms. The van der Waals surface area contributed by atoms with E-state index in [0.29, 0.717) is 12.5 Å². The van der Waals surface area contributed by atoms with E-state index in [0.717, 1.165) is 25.2 Å². The fourth-order valence-corrected chi connectivity index (χ4v) is 2.70. The second-order valence-electron chi connectivity index (χ2n) is 5.58. The van der Waals surface area contributed by atoms with Crippen LogP contribution >= 0.6 is 0 Å². The van der Waals surface area contributed by atoms with Crippen molar-refractivity contribution in [3.8, 4) is 0 Å². The highest BCUT2D eigenvalue weighted by molar-refractivity contribution is 5.92. The highest BCUT2D eigenvalue weighted by Gasteiger charge is 2.18. The van der Waals surface area contributed by atoms with Crippen LogP contribution in [0.3, 0.4) is 0 Å². The Morgan fingerprint density at radius 1 is 1.47 bits per heavy atom. The Hall–Kier alpha value is -1.35. The molecule has 3 heteroatoms. The lowest BCUT2D eigenvalue weighted by Gasteiger charge is -2.30. The summed E-state index contributed by atoms with van der Waals surface area (Å²) in [5.41, 5.74) is 2.17. The van der Waals surface area contributed by atoms with Crippen molar-refractivity contribution in [1.82, 2.24) is 4.90 Å². The number of benzene rings is 1. The van der Waals surface area contributed by atoms with Crippen LogP contribution in [0.2, 0.25) is 0 Å². The molecular formula is C16H24N2O. The molecule has 0 aliphatic carbocycles. The number of hydrogen-bond acceptors (Lipinski definition) is 2. The first-order valence-corrected chi connectivity index (χ1v) is 7.28. The number of aryl methyl sites for hydroxylation is 1. The molecule has 1 aliphatic heterocycles. The van der Waals surface area contributed by atoms with Crippen molar-refractivity contribution in [2.75, 3.05) is 25.0 Å². The van der Waals surface area contributed by atoms with Gasteiger partial charge in [-0.25, -0.2) is 0 Å². The maximum absolute atomic E-state index is 12.0. The van der Waals surface area contributed by atoms with Gasteiger partial charge in [0.1, 0.15) is 0 Å². The zero-order valence-corrected chi connectivity index (χ0v) is 12.0. The summed E-state index contributed by atoms with van der Waals surface area (Å²) in [6.45, 7) is 6.99. The van der Waals surface area contributed by atoms with Crippen LogP contribution in [0, 0.1) is 5.92 Å². The van der Waals surface area contributed by atoms with E-state index in [-0.39, 0.29) is 5.91 Å². The zero-order valence-electron chi connectivity index (χ0n) is 12.0. The number of nitrogens with one attached hydrogen (secondary N) is 1. The van der Waals surface area contributed by atoms with E-state index in [1.165, 1.54) is 18.4 Å². The fraction of sp³-hybridized carbons (Fsp3) is 0.562. The maximum atomic E-state index is 12.0. The third-order valence-corrected chi connectivity index (χ3v) is 3.73. The van der Waals surface area contributed by atoms with Gasteiger partial charge in [0, 0.05) is 12.2 Å².